The molecule has 1 saturated heterocycles. The first-order valence-corrected chi connectivity index (χ1v) is 5.45. The molecule has 94 valence electrons. The minimum atomic E-state index is -0.288. The Hall–Kier alpha value is -1.13. The van der Waals surface area contributed by atoms with Gasteiger partial charge in [0.05, 0.1) is 6.04 Å². The molecule has 0 radical (unpaired) electrons. The number of benzene rings is 1. The van der Waals surface area contributed by atoms with Gasteiger partial charge in [-0.05, 0) is 43.7 Å². The second-order valence-corrected chi connectivity index (χ2v) is 4.02. The van der Waals surface area contributed by atoms with Gasteiger partial charge >= 0.3 is 0 Å². The first-order valence-electron chi connectivity index (χ1n) is 5.45. The molecule has 1 aromatic rings. The van der Waals surface area contributed by atoms with E-state index in [1.807, 2.05) is 0 Å². The molecule has 0 aromatic heterocycles. The van der Waals surface area contributed by atoms with Crippen molar-refractivity contribution in [2.24, 2.45) is 0 Å². The molecule has 1 heterocycles. The summed E-state index contributed by atoms with van der Waals surface area (Å²) < 4.78 is 12.7. The van der Waals surface area contributed by atoms with Gasteiger partial charge in [-0.25, -0.2) is 4.39 Å². The minimum absolute atomic E-state index is 0. The normalized spacial score (nSPS) is 18.6. The van der Waals surface area contributed by atoms with Crippen molar-refractivity contribution >= 4 is 24.0 Å². The highest BCUT2D eigenvalue weighted by molar-refractivity contribution is 5.96. The molecular formula is C12H16ClFN2O. The van der Waals surface area contributed by atoms with E-state index in [4.69, 9.17) is 0 Å². The van der Waals surface area contributed by atoms with Gasteiger partial charge in [-0.2, -0.15) is 0 Å². The van der Waals surface area contributed by atoms with E-state index in [9.17, 15) is 9.18 Å². The SMILES string of the molecule is CN(C(=O)C1CCCN1)c1ccc(F)cc1.Cl. The highest BCUT2D eigenvalue weighted by Crippen LogP contribution is 2.16. The van der Waals surface area contributed by atoms with Gasteiger partial charge in [-0.1, -0.05) is 0 Å². The highest BCUT2D eigenvalue weighted by atomic mass is 35.5. The molecule has 1 atom stereocenters. The standard InChI is InChI=1S/C12H15FN2O.ClH/c1-15(10-6-4-9(13)5-7-10)12(16)11-3-2-8-14-11;/h4-7,11,14H,2-3,8H2,1H3;1H. The lowest BCUT2D eigenvalue weighted by Crippen LogP contribution is -2.41. The molecule has 0 spiro atoms. The lowest BCUT2D eigenvalue weighted by atomic mass is 10.2. The van der Waals surface area contributed by atoms with Crippen LogP contribution in [0.5, 0.6) is 0 Å². The third kappa shape index (κ3) is 3.17. The number of carbonyl (C=O) groups excluding carboxylic acids is 1. The Morgan fingerprint density at radius 2 is 2.06 bits per heavy atom. The topological polar surface area (TPSA) is 32.3 Å². The summed E-state index contributed by atoms with van der Waals surface area (Å²) in [7, 11) is 1.72. The smallest absolute Gasteiger partial charge is 0.243 e. The number of hydrogen-bond acceptors (Lipinski definition) is 2. The Bertz CT molecular complexity index is 377. The van der Waals surface area contributed by atoms with Crippen LogP contribution in [-0.4, -0.2) is 25.5 Å². The number of likely N-dealkylation sites (N-methyl/N-ethyl adjacent to an activating group) is 1. The molecular weight excluding hydrogens is 243 g/mol. The summed E-state index contributed by atoms with van der Waals surface area (Å²) in [6.07, 6.45) is 1.91. The van der Waals surface area contributed by atoms with Gasteiger partial charge in [0.15, 0.2) is 0 Å². The summed E-state index contributed by atoms with van der Waals surface area (Å²) >= 11 is 0. The van der Waals surface area contributed by atoms with E-state index in [2.05, 4.69) is 5.32 Å². The van der Waals surface area contributed by atoms with E-state index < -0.39 is 0 Å². The van der Waals surface area contributed by atoms with E-state index in [0.29, 0.717) is 0 Å². The highest BCUT2D eigenvalue weighted by Gasteiger charge is 2.25. The summed E-state index contributed by atoms with van der Waals surface area (Å²) in [5.74, 6) is -0.243. The van der Waals surface area contributed by atoms with Crippen LogP contribution in [0.3, 0.4) is 0 Å². The summed E-state index contributed by atoms with van der Waals surface area (Å²) in [5.41, 5.74) is 0.722. The van der Waals surface area contributed by atoms with Crippen molar-refractivity contribution in [3.8, 4) is 0 Å². The fourth-order valence-electron chi connectivity index (χ4n) is 1.92. The van der Waals surface area contributed by atoms with Crippen molar-refractivity contribution in [3.63, 3.8) is 0 Å². The van der Waals surface area contributed by atoms with Crippen LogP contribution < -0.4 is 10.2 Å². The predicted octanol–water partition coefficient (Wildman–Crippen LogP) is 1.96. The molecule has 5 heteroatoms. The number of amides is 1. The molecule has 17 heavy (non-hydrogen) atoms. The van der Waals surface area contributed by atoms with E-state index in [1.165, 1.54) is 12.1 Å². The van der Waals surface area contributed by atoms with Crippen molar-refractivity contribution in [2.45, 2.75) is 18.9 Å². The average Bonchev–Trinajstić information content (AvgIpc) is 2.81. The molecule has 0 saturated carbocycles. The molecule has 1 aliphatic rings. The van der Waals surface area contributed by atoms with Crippen LogP contribution in [0.1, 0.15) is 12.8 Å². The number of carbonyl (C=O) groups is 1. The number of halogens is 2. The van der Waals surface area contributed by atoms with Gasteiger partial charge in [0, 0.05) is 12.7 Å². The van der Waals surface area contributed by atoms with Crippen LogP contribution in [0.4, 0.5) is 10.1 Å². The number of hydrogen-bond donors (Lipinski definition) is 1. The summed E-state index contributed by atoms with van der Waals surface area (Å²) in [5, 5.41) is 3.15. The molecule has 1 amide bonds. The zero-order chi connectivity index (χ0) is 11.5. The Morgan fingerprint density at radius 3 is 2.59 bits per heavy atom. The quantitative estimate of drug-likeness (QED) is 0.880. The van der Waals surface area contributed by atoms with Gasteiger partial charge in [0.25, 0.3) is 0 Å². The van der Waals surface area contributed by atoms with Crippen molar-refractivity contribution in [1.82, 2.24) is 5.32 Å². The summed E-state index contributed by atoms with van der Waals surface area (Å²) in [6.45, 7) is 0.896. The molecule has 1 fully saturated rings. The summed E-state index contributed by atoms with van der Waals surface area (Å²) in [6, 6.07) is 5.86. The van der Waals surface area contributed by atoms with E-state index in [0.717, 1.165) is 25.1 Å². The number of nitrogens with one attached hydrogen (secondary N) is 1. The van der Waals surface area contributed by atoms with E-state index >= 15 is 0 Å². The molecule has 1 aromatic carbocycles. The molecule has 1 unspecified atom stereocenters. The van der Waals surface area contributed by atoms with Crippen LogP contribution in [0.25, 0.3) is 0 Å². The Kier molecular flexibility index (Phi) is 4.90. The third-order valence-corrected chi connectivity index (χ3v) is 2.90. The molecule has 0 aliphatic carbocycles. The predicted molar refractivity (Wildman–Crippen MR) is 68.1 cm³/mol. The van der Waals surface area contributed by atoms with Crippen LogP contribution >= 0.6 is 12.4 Å². The molecule has 1 N–H and O–H groups in total. The van der Waals surface area contributed by atoms with Crippen molar-refractivity contribution < 1.29 is 9.18 Å². The monoisotopic (exact) mass is 258 g/mol. The fourth-order valence-corrected chi connectivity index (χ4v) is 1.92. The molecule has 1 aliphatic heterocycles. The van der Waals surface area contributed by atoms with E-state index in [1.54, 1.807) is 24.1 Å². The van der Waals surface area contributed by atoms with Crippen LogP contribution in [0.2, 0.25) is 0 Å². The third-order valence-electron chi connectivity index (χ3n) is 2.90. The van der Waals surface area contributed by atoms with Gasteiger partial charge in [0.2, 0.25) is 5.91 Å². The maximum absolute atomic E-state index is 12.7. The maximum atomic E-state index is 12.7. The fraction of sp³-hybridized carbons (Fsp3) is 0.417. The maximum Gasteiger partial charge on any atom is 0.243 e. The zero-order valence-corrected chi connectivity index (χ0v) is 10.5. The van der Waals surface area contributed by atoms with E-state index in [-0.39, 0.29) is 30.2 Å². The molecule has 3 nitrogen and oxygen atoms in total. The summed E-state index contributed by atoms with van der Waals surface area (Å²) in [4.78, 5) is 13.6. The second-order valence-electron chi connectivity index (χ2n) is 4.02. The average molecular weight is 259 g/mol. The van der Waals surface area contributed by atoms with Gasteiger partial charge in [-0.15, -0.1) is 12.4 Å². The van der Waals surface area contributed by atoms with Crippen LogP contribution in [0, 0.1) is 5.82 Å². The van der Waals surface area contributed by atoms with Gasteiger partial charge in [0.1, 0.15) is 5.82 Å². The van der Waals surface area contributed by atoms with Gasteiger partial charge in [-0.3, -0.25) is 4.79 Å². The Labute approximate surface area is 106 Å². The first kappa shape index (κ1) is 13.9. The zero-order valence-electron chi connectivity index (χ0n) is 9.65. The molecule has 2 rings (SSSR count). The minimum Gasteiger partial charge on any atom is -0.314 e. The van der Waals surface area contributed by atoms with Crippen molar-refractivity contribution in [3.05, 3.63) is 30.1 Å². The van der Waals surface area contributed by atoms with Crippen molar-refractivity contribution in [2.75, 3.05) is 18.5 Å². The lowest BCUT2D eigenvalue weighted by Gasteiger charge is -2.21. The van der Waals surface area contributed by atoms with Crippen molar-refractivity contribution in [1.29, 1.82) is 0 Å². The Morgan fingerprint density at radius 1 is 1.41 bits per heavy atom. The van der Waals surface area contributed by atoms with Gasteiger partial charge < -0.3 is 10.2 Å². The van der Waals surface area contributed by atoms with Crippen LogP contribution in [0.15, 0.2) is 24.3 Å². The van der Waals surface area contributed by atoms with Crippen LogP contribution in [-0.2, 0) is 4.79 Å². The largest absolute Gasteiger partial charge is 0.314 e. The second kappa shape index (κ2) is 5.98. The first-order chi connectivity index (χ1) is 7.68. The molecule has 0 bridgehead atoms. The number of anilines is 1. The number of nitrogens with zero attached hydrogens (tertiary/aromatic N) is 1. The lowest BCUT2D eigenvalue weighted by molar-refractivity contribution is -0.119. The Balaban J connectivity index is 0.00000144. The number of rotatable bonds is 2.